The first-order valence-corrected chi connectivity index (χ1v) is 10.2. The lowest BCUT2D eigenvalue weighted by Gasteiger charge is -2.29. The number of carbonyl (C=O) groups excluding carboxylic acids is 3. The van der Waals surface area contributed by atoms with Crippen LogP contribution in [-0.2, 0) is 27.4 Å². The maximum absolute atomic E-state index is 13.1. The summed E-state index contributed by atoms with van der Waals surface area (Å²) in [6.07, 6.45) is 2.83. The Labute approximate surface area is 170 Å². The van der Waals surface area contributed by atoms with E-state index in [1.807, 2.05) is 18.2 Å². The predicted octanol–water partition coefficient (Wildman–Crippen LogP) is 0.306. The number of nitrogens with one attached hydrogen (secondary N) is 3. The van der Waals surface area contributed by atoms with E-state index in [0.717, 1.165) is 37.1 Å². The van der Waals surface area contributed by atoms with Gasteiger partial charge in [0.2, 0.25) is 11.8 Å². The third-order valence-corrected chi connectivity index (χ3v) is 6.17. The van der Waals surface area contributed by atoms with Crippen LogP contribution in [0.4, 0.5) is 0 Å². The Bertz CT molecular complexity index is 819. The molecule has 0 spiro atoms. The summed E-state index contributed by atoms with van der Waals surface area (Å²) in [5, 5.41) is 9.38. The third kappa shape index (κ3) is 3.92. The molecule has 0 aromatic heterocycles. The quantitative estimate of drug-likeness (QED) is 0.570. The van der Waals surface area contributed by atoms with Crippen LogP contribution in [0.5, 0.6) is 0 Å². The van der Waals surface area contributed by atoms with E-state index in [1.165, 1.54) is 0 Å². The normalized spacial score (nSPS) is 26.7. The highest BCUT2D eigenvalue weighted by Crippen LogP contribution is 2.30. The van der Waals surface area contributed by atoms with Crippen LogP contribution in [0.1, 0.15) is 47.2 Å². The molecule has 29 heavy (non-hydrogen) atoms. The number of fused-ring (bicyclic) bond motifs is 1. The smallest absolute Gasteiger partial charge is 0.255 e. The second kappa shape index (κ2) is 8.22. The van der Waals surface area contributed by atoms with Crippen LogP contribution in [-0.4, -0.2) is 61.0 Å². The number of methoxy groups -OCH3 is 1. The Morgan fingerprint density at radius 2 is 2.17 bits per heavy atom. The van der Waals surface area contributed by atoms with Crippen LogP contribution in [0, 0.1) is 0 Å². The zero-order valence-electron chi connectivity index (χ0n) is 16.8. The van der Waals surface area contributed by atoms with E-state index in [0.29, 0.717) is 31.7 Å². The van der Waals surface area contributed by atoms with Gasteiger partial charge in [0.25, 0.3) is 5.91 Å². The van der Waals surface area contributed by atoms with E-state index >= 15 is 0 Å². The predicted molar refractivity (Wildman–Crippen MR) is 106 cm³/mol. The molecule has 3 N–H and O–H groups in total. The number of hydrogen-bond acceptors (Lipinski definition) is 6. The first kappa shape index (κ1) is 20.0. The lowest BCUT2D eigenvalue weighted by atomic mass is 9.98. The molecule has 8 nitrogen and oxygen atoms in total. The standard InChI is InChI=1S/C21H28N4O4/c1-29-13-21(8-3-9-23-21)12-22-10-14-4-2-5-15-11-25(20(28)18(14)15)16-6-7-17(26)24-19(16)27/h2,4-5,16,22-23H,3,6-13H2,1H3,(H,24,26,27). The molecular weight excluding hydrogens is 372 g/mol. The Hall–Kier alpha value is -2.29. The molecule has 4 rings (SSSR count). The molecule has 1 aromatic rings. The molecule has 3 heterocycles. The van der Waals surface area contributed by atoms with Gasteiger partial charge in [0.05, 0.1) is 12.1 Å². The number of hydrogen-bond donors (Lipinski definition) is 3. The largest absolute Gasteiger partial charge is 0.383 e. The summed E-state index contributed by atoms with van der Waals surface area (Å²) >= 11 is 0. The summed E-state index contributed by atoms with van der Waals surface area (Å²) < 4.78 is 5.40. The van der Waals surface area contributed by atoms with E-state index in [4.69, 9.17) is 4.74 Å². The fraction of sp³-hybridized carbons (Fsp3) is 0.571. The summed E-state index contributed by atoms with van der Waals surface area (Å²) in [6, 6.07) is 5.27. The highest BCUT2D eigenvalue weighted by Gasteiger charge is 2.40. The van der Waals surface area contributed by atoms with Gasteiger partial charge in [-0.05, 0) is 36.9 Å². The van der Waals surface area contributed by atoms with Crippen molar-refractivity contribution in [1.29, 1.82) is 0 Å². The molecule has 3 aliphatic rings. The van der Waals surface area contributed by atoms with Crippen LogP contribution in [0.25, 0.3) is 0 Å². The second-order valence-corrected chi connectivity index (χ2v) is 8.20. The molecule has 2 atom stereocenters. The van der Waals surface area contributed by atoms with Crippen molar-refractivity contribution in [3.05, 3.63) is 34.9 Å². The minimum Gasteiger partial charge on any atom is -0.383 e. The van der Waals surface area contributed by atoms with Crippen molar-refractivity contribution in [2.24, 2.45) is 0 Å². The topological polar surface area (TPSA) is 99.8 Å². The van der Waals surface area contributed by atoms with Gasteiger partial charge in [0, 0.05) is 38.7 Å². The van der Waals surface area contributed by atoms with Gasteiger partial charge in [-0.2, -0.15) is 0 Å². The minimum absolute atomic E-state index is 0.0600. The first-order valence-electron chi connectivity index (χ1n) is 10.2. The SMILES string of the molecule is COCC1(CNCc2cccc3c2C(=O)N(C2CCC(=O)NC2=O)C3)CCCN1. The minimum atomic E-state index is -0.582. The summed E-state index contributed by atoms with van der Waals surface area (Å²) in [4.78, 5) is 38.4. The average molecular weight is 400 g/mol. The Morgan fingerprint density at radius 3 is 2.90 bits per heavy atom. The number of rotatable bonds is 7. The zero-order valence-corrected chi connectivity index (χ0v) is 16.8. The van der Waals surface area contributed by atoms with Gasteiger partial charge in [0.15, 0.2) is 0 Å². The highest BCUT2D eigenvalue weighted by molar-refractivity contribution is 6.05. The van der Waals surface area contributed by atoms with Crippen molar-refractivity contribution < 1.29 is 19.1 Å². The van der Waals surface area contributed by atoms with Gasteiger partial charge < -0.3 is 20.3 Å². The summed E-state index contributed by atoms with van der Waals surface area (Å²) in [5.41, 5.74) is 2.50. The second-order valence-electron chi connectivity index (χ2n) is 8.20. The highest BCUT2D eigenvalue weighted by atomic mass is 16.5. The van der Waals surface area contributed by atoms with Gasteiger partial charge in [-0.3, -0.25) is 19.7 Å². The van der Waals surface area contributed by atoms with Gasteiger partial charge in [-0.15, -0.1) is 0 Å². The van der Waals surface area contributed by atoms with E-state index in [1.54, 1.807) is 12.0 Å². The summed E-state index contributed by atoms with van der Waals surface area (Å²) in [6.45, 7) is 3.38. The summed E-state index contributed by atoms with van der Waals surface area (Å²) in [7, 11) is 1.72. The van der Waals surface area contributed by atoms with Gasteiger partial charge in [0.1, 0.15) is 6.04 Å². The molecule has 3 amide bonds. The van der Waals surface area contributed by atoms with Crippen molar-refractivity contribution in [1.82, 2.24) is 20.9 Å². The Kier molecular flexibility index (Phi) is 5.67. The number of nitrogens with zero attached hydrogens (tertiary/aromatic N) is 1. The molecule has 0 aliphatic carbocycles. The first-order chi connectivity index (χ1) is 14.0. The van der Waals surface area contributed by atoms with Crippen molar-refractivity contribution in [2.45, 2.75) is 50.4 Å². The van der Waals surface area contributed by atoms with Crippen molar-refractivity contribution in [2.75, 3.05) is 26.8 Å². The molecule has 0 bridgehead atoms. The number of benzene rings is 1. The van der Waals surface area contributed by atoms with Crippen LogP contribution in [0.3, 0.4) is 0 Å². The van der Waals surface area contributed by atoms with Crippen molar-refractivity contribution >= 4 is 17.7 Å². The number of carbonyl (C=O) groups is 3. The van der Waals surface area contributed by atoms with E-state index in [2.05, 4.69) is 16.0 Å². The van der Waals surface area contributed by atoms with Crippen LogP contribution < -0.4 is 16.0 Å². The lowest BCUT2D eigenvalue weighted by Crippen LogP contribution is -2.52. The van der Waals surface area contributed by atoms with Gasteiger partial charge >= 0.3 is 0 Å². The lowest BCUT2D eigenvalue weighted by molar-refractivity contribution is -0.136. The molecule has 2 unspecified atom stereocenters. The van der Waals surface area contributed by atoms with E-state index in [-0.39, 0.29) is 29.7 Å². The average Bonchev–Trinajstić information content (AvgIpc) is 3.28. The molecule has 156 valence electrons. The molecule has 3 aliphatic heterocycles. The Balaban J connectivity index is 1.45. The van der Waals surface area contributed by atoms with Crippen LogP contribution in [0.2, 0.25) is 0 Å². The van der Waals surface area contributed by atoms with Crippen molar-refractivity contribution in [3.8, 4) is 0 Å². The molecule has 1 aromatic carbocycles. The Morgan fingerprint density at radius 1 is 1.31 bits per heavy atom. The van der Waals surface area contributed by atoms with Gasteiger partial charge in [-0.1, -0.05) is 18.2 Å². The van der Waals surface area contributed by atoms with Crippen molar-refractivity contribution in [3.63, 3.8) is 0 Å². The number of ether oxygens (including phenoxy) is 1. The summed E-state index contributed by atoms with van der Waals surface area (Å²) in [5.74, 6) is -0.779. The maximum atomic E-state index is 13.1. The fourth-order valence-corrected chi connectivity index (χ4v) is 4.74. The van der Waals surface area contributed by atoms with Crippen LogP contribution in [0.15, 0.2) is 18.2 Å². The molecular formula is C21H28N4O4. The molecule has 0 saturated carbocycles. The third-order valence-electron chi connectivity index (χ3n) is 6.17. The van der Waals surface area contributed by atoms with E-state index in [9.17, 15) is 14.4 Å². The van der Waals surface area contributed by atoms with E-state index < -0.39 is 6.04 Å². The fourth-order valence-electron chi connectivity index (χ4n) is 4.74. The zero-order chi connectivity index (χ0) is 20.4. The van der Waals surface area contributed by atoms with Gasteiger partial charge in [-0.25, -0.2) is 0 Å². The molecule has 0 radical (unpaired) electrons. The maximum Gasteiger partial charge on any atom is 0.255 e. The molecule has 2 saturated heterocycles. The number of amides is 3. The van der Waals surface area contributed by atoms with Crippen LogP contribution >= 0.6 is 0 Å². The molecule has 2 fully saturated rings. The number of piperidine rings is 1. The monoisotopic (exact) mass is 400 g/mol. The number of imide groups is 1. The molecule has 8 heteroatoms.